The Morgan fingerprint density at radius 1 is 0.400 bits per heavy atom. The number of hydrogen-bond donors (Lipinski definition) is 0. The number of rotatable bonds is 13. The molecule has 7 aromatic carbocycles. The highest BCUT2D eigenvalue weighted by Crippen LogP contribution is 2.26. The predicted molar refractivity (Wildman–Crippen MR) is 214 cm³/mol. The van der Waals surface area contributed by atoms with Gasteiger partial charge in [0.1, 0.15) is 0 Å². The van der Waals surface area contributed by atoms with Crippen molar-refractivity contribution in [2.45, 2.75) is 6.10 Å². The molecule has 0 aliphatic heterocycles. The van der Waals surface area contributed by atoms with Crippen molar-refractivity contribution in [2.24, 2.45) is 0 Å². The third-order valence-corrected chi connectivity index (χ3v) is 17.5. The highest BCUT2D eigenvalue weighted by molar-refractivity contribution is 7.07. The van der Waals surface area contributed by atoms with Gasteiger partial charge in [-0.2, -0.15) is 0 Å². The van der Waals surface area contributed by atoms with Gasteiger partial charge in [-0.1, -0.05) is 219 Å². The van der Waals surface area contributed by atoms with Crippen LogP contribution in [0.2, 0.25) is 0 Å². The van der Waals surface area contributed by atoms with Gasteiger partial charge < -0.3 is 8.85 Å². The summed E-state index contributed by atoms with van der Waals surface area (Å²) in [5.41, 5.74) is 2.13. The van der Waals surface area contributed by atoms with E-state index in [1.165, 1.54) is 31.1 Å². The Balaban J connectivity index is 1.43. The van der Waals surface area contributed by atoms with Crippen LogP contribution in [0, 0.1) is 0 Å². The molecule has 2 nitrogen and oxygen atoms in total. The lowest BCUT2D eigenvalue weighted by Gasteiger charge is -2.39. The minimum Gasteiger partial charge on any atom is -0.401 e. The van der Waals surface area contributed by atoms with Crippen LogP contribution in [0.3, 0.4) is 0 Å². The molecule has 4 heteroatoms. The minimum absolute atomic E-state index is 0.347. The molecule has 0 heterocycles. The SMILES string of the molecule is C=Cc1ccc(C(CO[Si](c2ccccc2)(c2ccccc2)c2ccccc2)O[Si](c2ccccc2)(c2ccccc2)c2ccccc2)cc1. The van der Waals surface area contributed by atoms with Crippen LogP contribution in [0.4, 0.5) is 0 Å². The second kappa shape index (κ2) is 15.5. The largest absolute Gasteiger partial charge is 0.401 e. The van der Waals surface area contributed by atoms with E-state index in [9.17, 15) is 0 Å². The van der Waals surface area contributed by atoms with Crippen LogP contribution in [0.1, 0.15) is 17.2 Å². The number of hydrogen-bond acceptors (Lipinski definition) is 2. The first kappa shape index (κ1) is 33.1. The van der Waals surface area contributed by atoms with Crippen molar-refractivity contribution in [3.63, 3.8) is 0 Å². The molecule has 244 valence electrons. The Morgan fingerprint density at radius 3 is 1.00 bits per heavy atom. The Bertz CT molecular complexity index is 1880. The van der Waals surface area contributed by atoms with E-state index in [1.807, 2.05) is 6.08 Å². The van der Waals surface area contributed by atoms with Gasteiger partial charge in [-0.25, -0.2) is 0 Å². The Kier molecular flexibility index (Phi) is 10.2. The summed E-state index contributed by atoms with van der Waals surface area (Å²) in [6.45, 7) is 4.36. The molecule has 0 bridgehead atoms. The molecule has 1 unspecified atom stereocenters. The average Bonchev–Trinajstić information content (AvgIpc) is 3.21. The smallest absolute Gasteiger partial charge is 0.288 e. The molecule has 0 saturated carbocycles. The number of benzene rings is 7. The molecule has 0 aliphatic rings. The predicted octanol–water partition coefficient (Wildman–Crippen LogP) is 6.74. The molecule has 1 atom stereocenters. The van der Waals surface area contributed by atoms with Crippen molar-refractivity contribution >= 4 is 53.8 Å². The molecule has 0 radical (unpaired) electrons. The van der Waals surface area contributed by atoms with E-state index < -0.39 is 22.7 Å². The summed E-state index contributed by atoms with van der Waals surface area (Å²) in [4.78, 5) is 0. The lowest BCUT2D eigenvalue weighted by molar-refractivity contribution is 0.128. The molecule has 0 aromatic heterocycles. The maximum absolute atomic E-state index is 7.87. The monoisotopic (exact) mass is 680 g/mol. The van der Waals surface area contributed by atoms with Gasteiger partial charge in [0.15, 0.2) is 0 Å². The summed E-state index contributed by atoms with van der Waals surface area (Å²) >= 11 is 0. The summed E-state index contributed by atoms with van der Waals surface area (Å²) in [7, 11) is -6.14. The zero-order valence-electron chi connectivity index (χ0n) is 28.0. The quantitative estimate of drug-likeness (QED) is 0.0993. The Hall–Kier alpha value is -5.37. The van der Waals surface area contributed by atoms with Crippen molar-refractivity contribution < 1.29 is 8.85 Å². The molecule has 7 aromatic rings. The lowest BCUT2D eigenvalue weighted by atomic mass is 10.1. The van der Waals surface area contributed by atoms with E-state index in [0.29, 0.717) is 6.61 Å². The van der Waals surface area contributed by atoms with Crippen LogP contribution < -0.4 is 31.1 Å². The summed E-state index contributed by atoms with van der Waals surface area (Å²) < 4.78 is 15.5. The summed E-state index contributed by atoms with van der Waals surface area (Å²) in [6, 6.07) is 73.1. The second-order valence-corrected chi connectivity index (χ2v) is 19.1. The van der Waals surface area contributed by atoms with Gasteiger partial charge in [-0.3, -0.25) is 0 Å². The van der Waals surface area contributed by atoms with Crippen molar-refractivity contribution in [3.8, 4) is 0 Å². The Morgan fingerprint density at radius 2 is 0.700 bits per heavy atom. The summed E-state index contributed by atoms with van der Waals surface area (Å²) in [5.74, 6) is 0. The van der Waals surface area contributed by atoms with Crippen LogP contribution in [0.15, 0.2) is 213 Å². The fourth-order valence-electron chi connectivity index (χ4n) is 6.95. The van der Waals surface area contributed by atoms with Crippen LogP contribution in [-0.2, 0) is 8.85 Å². The first-order valence-electron chi connectivity index (χ1n) is 17.1. The molecule has 7 rings (SSSR count). The van der Waals surface area contributed by atoms with Gasteiger partial charge in [0.2, 0.25) is 0 Å². The van der Waals surface area contributed by atoms with Gasteiger partial charge in [-0.05, 0) is 42.2 Å². The van der Waals surface area contributed by atoms with Crippen molar-refractivity contribution in [1.82, 2.24) is 0 Å². The Labute approximate surface area is 298 Å². The van der Waals surface area contributed by atoms with Crippen LogP contribution in [0.25, 0.3) is 6.08 Å². The normalized spacial score (nSPS) is 12.2. The molecular formula is C46H40O2Si2. The van der Waals surface area contributed by atoms with E-state index in [1.54, 1.807) is 0 Å². The fraction of sp³-hybridized carbons (Fsp3) is 0.0435. The van der Waals surface area contributed by atoms with Gasteiger partial charge in [0, 0.05) is 0 Å². The molecule has 0 spiro atoms. The maximum Gasteiger partial charge on any atom is 0.288 e. The zero-order valence-corrected chi connectivity index (χ0v) is 30.0. The standard InChI is InChI=1S/C46H40O2Si2/c1-2-38-33-35-39(36-34-38)46(48-50(43-27-15-6-16-28-43,44-29-17-7-18-30-44)45-31-19-8-20-32-45)37-47-49(40-21-9-3-10-22-40,41-23-11-4-12-24-41)42-25-13-5-14-26-42/h2-36,46H,1,37H2. The summed E-state index contributed by atoms with van der Waals surface area (Å²) in [6.07, 6.45) is 1.48. The molecule has 0 amide bonds. The molecule has 0 fully saturated rings. The summed E-state index contributed by atoms with van der Waals surface area (Å²) in [5, 5.41) is 7.12. The third-order valence-electron chi connectivity index (χ3n) is 9.40. The van der Waals surface area contributed by atoms with E-state index in [4.69, 9.17) is 8.85 Å². The van der Waals surface area contributed by atoms with E-state index >= 15 is 0 Å². The van der Waals surface area contributed by atoms with Gasteiger partial charge in [0.25, 0.3) is 16.6 Å². The lowest BCUT2D eigenvalue weighted by Crippen LogP contribution is -2.71. The first-order valence-corrected chi connectivity index (χ1v) is 20.9. The highest BCUT2D eigenvalue weighted by atomic mass is 28.4. The van der Waals surface area contributed by atoms with Crippen LogP contribution in [-0.4, -0.2) is 23.2 Å². The highest BCUT2D eigenvalue weighted by Gasteiger charge is 2.46. The molecule has 0 aliphatic carbocycles. The van der Waals surface area contributed by atoms with E-state index in [0.717, 1.165) is 11.1 Å². The topological polar surface area (TPSA) is 18.5 Å². The van der Waals surface area contributed by atoms with Crippen molar-refractivity contribution in [1.29, 1.82) is 0 Å². The van der Waals surface area contributed by atoms with Gasteiger partial charge in [-0.15, -0.1) is 0 Å². The molecule has 0 saturated heterocycles. The van der Waals surface area contributed by atoms with E-state index in [-0.39, 0.29) is 0 Å². The van der Waals surface area contributed by atoms with Crippen LogP contribution in [0.5, 0.6) is 0 Å². The third kappa shape index (κ3) is 6.62. The van der Waals surface area contributed by atoms with Gasteiger partial charge in [0.05, 0.1) is 12.7 Å². The fourth-order valence-corrected chi connectivity index (χ4v) is 14.9. The minimum atomic E-state index is -3.11. The molecular weight excluding hydrogens is 641 g/mol. The van der Waals surface area contributed by atoms with Crippen molar-refractivity contribution in [2.75, 3.05) is 6.61 Å². The molecule has 0 N–H and O–H groups in total. The molecule has 50 heavy (non-hydrogen) atoms. The van der Waals surface area contributed by atoms with Crippen molar-refractivity contribution in [3.05, 3.63) is 224 Å². The maximum atomic E-state index is 7.87. The van der Waals surface area contributed by atoms with E-state index in [2.05, 4.69) is 213 Å². The zero-order chi connectivity index (χ0) is 34.1. The average molecular weight is 681 g/mol. The van der Waals surface area contributed by atoms with Crippen LogP contribution >= 0.6 is 0 Å². The first-order chi connectivity index (χ1) is 24.7. The second-order valence-electron chi connectivity index (χ2n) is 12.3. The van der Waals surface area contributed by atoms with Gasteiger partial charge >= 0.3 is 0 Å².